The van der Waals surface area contributed by atoms with E-state index in [-0.39, 0.29) is 11.8 Å². The van der Waals surface area contributed by atoms with Crippen LogP contribution in [0.1, 0.15) is 11.1 Å². The lowest BCUT2D eigenvalue weighted by Gasteiger charge is -2.18. The van der Waals surface area contributed by atoms with E-state index in [0.29, 0.717) is 6.42 Å². The van der Waals surface area contributed by atoms with E-state index in [1.165, 1.54) is 5.56 Å². The van der Waals surface area contributed by atoms with E-state index in [1.807, 2.05) is 61.5 Å². The first-order chi connectivity index (χ1) is 9.69. The summed E-state index contributed by atoms with van der Waals surface area (Å²) in [4.78, 5) is 11.9. The Hall–Kier alpha value is -1.80. The Bertz CT molecular complexity index is 551. The molecule has 3 heteroatoms. The van der Waals surface area contributed by atoms with Gasteiger partial charge in [0, 0.05) is 5.69 Å². The fourth-order valence-electron chi connectivity index (χ4n) is 2.00. The molecule has 0 bridgehead atoms. The molecule has 0 aliphatic rings. The second kappa shape index (κ2) is 7.11. The maximum absolute atomic E-state index is 11.9. The SMILES string of the molecule is Cc1ccc(N[C@@H](Cc2ccccc2)C(=O)[CH]Cl)cc1. The molecule has 1 radical (unpaired) electrons. The van der Waals surface area contributed by atoms with Gasteiger partial charge in [0.1, 0.15) is 5.88 Å². The van der Waals surface area contributed by atoms with Gasteiger partial charge in [0.15, 0.2) is 5.78 Å². The lowest BCUT2D eigenvalue weighted by molar-refractivity contribution is -0.115. The highest BCUT2D eigenvalue weighted by Gasteiger charge is 2.18. The van der Waals surface area contributed by atoms with Crippen LogP contribution in [-0.4, -0.2) is 11.8 Å². The molecule has 0 fully saturated rings. The molecule has 0 amide bonds. The third-order valence-corrected chi connectivity index (χ3v) is 3.34. The standard InChI is InChI=1S/C17H17ClNO/c1-13-7-9-15(10-8-13)19-16(17(20)12-18)11-14-5-3-2-4-6-14/h2-10,12,16,19H,11H2,1H3/t16-/m0/s1. The van der Waals surface area contributed by atoms with Crippen LogP contribution in [0.4, 0.5) is 5.69 Å². The van der Waals surface area contributed by atoms with Crippen LogP contribution in [0.3, 0.4) is 0 Å². The fraction of sp³-hybridized carbons (Fsp3) is 0.176. The van der Waals surface area contributed by atoms with Crippen molar-refractivity contribution in [2.24, 2.45) is 0 Å². The predicted molar refractivity (Wildman–Crippen MR) is 83.9 cm³/mol. The summed E-state index contributed by atoms with van der Waals surface area (Å²) < 4.78 is 0. The monoisotopic (exact) mass is 286 g/mol. The van der Waals surface area contributed by atoms with E-state index in [4.69, 9.17) is 11.6 Å². The maximum atomic E-state index is 11.9. The number of benzene rings is 2. The topological polar surface area (TPSA) is 29.1 Å². The van der Waals surface area contributed by atoms with Crippen molar-refractivity contribution in [1.29, 1.82) is 0 Å². The highest BCUT2D eigenvalue weighted by molar-refractivity contribution is 6.35. The molecule has 0 spiro atoms. The Kier molecular flexibility index (Phi) is 5.19. The number of carbonyl (C=O) groups excluding carboxylic acids is 1. The Labute approximate surface area is 124 Å². The van der Waals surface area contributed by atoms with E-state index in [1.54, 1.807) is 0 Å². The average molecular weight is 287 g/mol. The van der Waals surface area contributed by atoms with Crippen molar-refractivity contribution in [2.75, 3.05) is 5.32 Å². The fourth-order valence-corrected chi connectivity index (χ4v) is 2.15. The Balaban J connectivity index is 2.11. The smallest absolute Gasteiger partial charge is 0.175 e. The molecule has 20 heavy (non-hydrogen) atoms. The molecule has 0 saturated heterocycles. The van der Waals surface area contributed by atoms with Crippen LogP contribution < -0.4 is 5.32 Å². The molecule has 0 aliphatic heterocycles. The first-order valence-corrected chi connectivity index (χ1v) is 6.97. The molecule has 0 heterocycles. The molecule has 0 aromatic heterocycles. The molecule has 1 atom stereocenters. The van der Waals surface area contributed by atoms with E-state index in [0.717, 1.165) is 17.1 Å². The van der Waals surface area contributed by atoms with Crippen LogP contribution in [-0.2, 0) is 11.2 Å². The molecule has 2 nitrogen and oxygen atoms in total. The quantitative estimate of drug-likeness (QED) is 0.870. The minimum Gasteiger partial charge on any atom is -0.375 e. The van der Waals surface area contributed by atoms with Crippen LogP contribution >= 0.6 is 11.6 Å². The normalized spacial score (nSPS) is 11.9. The maximum Gasteiger partial charge on any atom is 0.175 e. The summed E-state index contributed by atoms with van der Waals surface area (Å²) in [6, 6.07) is 17.5. The largest absolute Gasteiger partial charge is 0.375 e. The number of anilines is 1. The molecule has 2 rings (SSSR count). The lowest BCUT2D eigenvalue weighted by Crippen LogP contribution is -2.31. The third kappa shape index (κ3) is 4.10. The van der Waals surface area contributed by atoms with E-state index < -0.39 is 0 Å². The van der Waals surface area contributed by atoms with Gasteiger partial charge >= 0.3 is 0 Å². The molecule has 1 N–H and O–H groups in total. The molecule has 2 aromatic carbocycles. The van der Waals surface area contributed by atoms with Gasteiger partial charge in [0.05, 0.1) is 6.04 Å². The summed E-state index contributed by atoms with van der Waals surface area (Å²) in [6.45, 7) is 2.03. The second-order valence-electron chi connectivity index (χ2n) is 4.76. The molecule has 0 unspecified atom stereocenters. The van der Waals surface area contributed by atoms with Crippen LogP contribution in [0, 0.1) is 12.8 Å². The van der Waals surface area contributed by atoms with E-state index in [9.17, 15) is 4.79 Å². The Morgan fingerprint density at radius 1 is 1.15 bits per heavy atom. The number of aryl methyl sites for hydroxylation is 1. The molecular formula is C17H17ClNO. The first-order valence-electron chi connectivity index (χ1n) is 6.53. The summed E-state index contributed by atoms with van der Waals surface area (Å²) in [5.41, 5.74) is 3.21. The van der Waals surface area contributed by atoms with Crippen molar-refractivity contribution in [3.8, 4) is 0 Å². The zero-order chi connectivity index (χ0) is 14.4. The average Bonchev–Trinajstić information content (AvgIpc) is 2.49. The van der Waals surface area contributed by atoms with Crippen LogP contribution in [0.25, 0.3) is 0 Å². The number of hydrogen-bond acceptors (Lipinski definition) is 2. The van der Waals surface area contributed by atoms with E-state index in [2.05, 4.69) is 5.32 Å². The highest BCUT2D eigenvalue weighted by Crippen LogP contribution is 2.14. The van der Waals surface area contributed by atoms with Gasteiger partial charge < -0.3 is 5.32 Å². The summed E-state index contributed by atoms with van der Waals surface area (Å²) in [6.07, 6.45) is 0.608. The van der Waals surface area contributed by atoms with Gasteiger partial charge in [-0.15, -0.1) is 11.6 Å². The van der Waals surface area contributed by atoms with Crippen molar-refractivity contribution in [1.82, 2.24) is 0 Å². The number of nitrogens with one attached hydrogen (secondary N) is 1. The summed E-state index contributed by atoms with van der Waals surface area (Å²) >= 11 is 5.59. The third-order valence-electron chi connectivity index (χ3n) is 3.13. The van der Waals surface area contributed by atoms with Gasteiger partial charge in [-0.25, -0.2) is 0 Å². The van der Waals surface area contributed by atoms with Crippen molar-refractivity contribution in [2.45, 2.75) is 19.4 Å². The van der Waals surface area contributed by atoms with Gasteiger partial charge in [-0.3, -0.25) is 4.79 Å². The summed E-state index contributed by atoms with van der Waals surface area (Å²) in [7, 11) is 0. The number of carbonyl (C=O) groups is 1. The zero-order valence-corrected chi connectivity index (χ0v) is 12.1. The lowest BCUT2D eigenvalue weighted by atomic mass is 10.0. The van der Waals surface area contributed by atoms with Crippen LogP contribution in [0.15, 0.2) is 54.6 Å². The van der Waals surface area contributed by atoms with Crippen molar-refractivity contribution < 1.29 is 4.79 Å². The van der Waals surface area contributed by atoms with Crippen LogP contribution in [0.5, 0.6) is 0 Å². The Morgan fingerprint density at radius 3 is 2.40 bits per heavy atom. The number of ketones is 1. The number of rotatable bonds is 6. The summed E-state index contributed by atoms with van der Waals surface area (Å²) in [5.74, 6) is 0.991. The van der Waals surface area contributed by atoms with Crippen molar-refractivity contribution >= 4 is 23.1 Å². The molecule has 103 valence electrons. The van der Waals surface area contributed by atoms with Gasteiger partial charge in [0.25, 0.3) is 0 Å². The van der Waals surface area contributed by atoms with Crippen molar-refractivity contribution in [3.05, 3.63) is 71.6 Å². The molecule has 0 aliphatic carbocycles. The molecular weight excluding hydrogens is 270 g/mol. The van der Waals surface area contributed by atoms with Crippen LogP contribution in [0.2, 0.25) is 0 Å². The minimum absolute atomic E-state index is 0.115. The number of halogens is 1. The molecule has 2 aromatic rings. The zero-order valence-electron chi connectivity index (χ0n) is 11.3. The van der Waals surface area contributed by atoms with Gasteiger partial charge in [-0.05, 0) is 31.0 Å². The summed E-state index contributed by atoms with van der Waals surface area (Å²) in [5, 5.41) is 3.24. The van der Waals surface area contributed by atoms with Gasteiger partial charge in [0.2, 0.25) is 0 Å². The first kappa shape index (κ1) is 14.6. The van der Waals surface area contributed by atoms with E-state index >= 15 is 0 Å². The van der Waals surface area contributed by atoms with Crippen molar-refractivity contribution in [3.63, 3.8) is 0 Å². The number of Topliss-reactive ketones (excluding diaryl/α,β-unsaturated/α-hetero) is 1. The molecule has 0 saturated carbocycles. The van der Waals surface area contributed by atoms with Gasteiger partial charge in [-0.2, -0.15) is 0 Å². The number of hydrogen-bond donors (Lipinski definition) is 1. The highest BCUT2D eigenvalue weighted by atomic mass is 35.5. The Morgan fingerprint density at radius 2 is 1.80 bits per heavy atom. The minimum atomic E-state index is -0.349. The predicted octanol–water partition coefficient (Wildman–Crippen LogP) is 3.99. The second-order valence-corrected chi connectivity index (χ2v) is 4.98. The van der Waals surface area contributed by atoms with Gasteiger partial charge in [-0.1, -0.05) is 48.0 Å².